The molecule has 8 heteroatoms. The average molecular weight is 316 g/mol. The first-order valence-electron chi connectivity index (χ1n) is 5.76. The van der Waals surface area contributed by atoms with Gasteiger partial charge in [0.25, 0.3) is 0 Å². The molecule has 0 amide bonds. The lowest BCUT2D eigenvalue weighted by Gasteiger charge is -2.09. The van der Waals surface area contributed by atoms with Gasteiger partial charge >= 0.3 is 6.36 Å². The summed E-state index contributed by atoms with van der Waals surface area (Å²) in [5.74, 6) is -0.273. The molecule has 2 N–H and O–H groups in total. The second-order valence-electron chi connectivity index (χ2n) is 4.08. The van der Waals surface area contributed by atoms with Gasteiger partial charge in [-0.25, -0.2) is 4.98 Å². The molecule has 112 valence electrons. The highest BCUT2D eigenvalue weighted by atomic mass is 32.1. The second kappa shape index (κ2) is 6.04. The number of benzene rings is 1. The lowest BCUT2D eigenvalue weighted by Crippen LogP contribution is -2.16. The SMILES string of the molecule is C=C(O)Cc1csc(Nc2ccc(OC(F)(F)F)cc2)n1. The van der Waals surface area contributed by atoms with Crippen molar-refractivity contribution < 1.29 is 23.0 Å². The Kier molecular flexibility index (Phi) is 4.37. The predicted molar refractivity (Wildman–Crippen MR) is 74.0 cm³/mol. The van der Waals surface area contributed by atoms with E-state index in [2.05, 4.69) is 21.6 Å². The summed E-state index contributed by atoms with van der Waals surface area (Å²) in [5.41, 5.74) is 1.24. The van der Waals surface area contributed by atoms with E-state index in [1.165, 1.54) is 35.6 Å². The Hall–Kier alpha value is -2.22. The van der Waals surface area contributed by atoms with Crippen LogP contribution in [0.2, 0.25) is 0 Å². The van der Waals surface area contributed by atoms with E-state index in [9.17, 15) is 13.2 Å². The van der Waals surface area contributed by atoms with Crippen LogP contribution in [-0.2, 0) is 6.42 Å². The minimum absolute atomic E-state index is 0.0144. The van der Waals surface area contributed by atoms with Crippen molar-refractivity contribution >= 4 is 22.2 Å². The number of allylic oxidation sites excluding steroid dienone is 1. The fourth-order valence-corrected chi connectivity index (χ4v) is 2.25. The van der Waals surface area contributed by atoms with Crippen LogP contribution in [0.5, 0.6) is 5.75 Å². The summed E-state index contributed by atoms with van der Waals surface area (Å²) in [7, 11) is 0. The molecule has 1 heterocycles. The monoisotopic (exact) mass is 316 g/mol. The van der Waals surface area contributed by atoms with Gasteiger partial charge in [0.15, 0.2) is 5.13 Å². The Morgan fingerprint density at radius 2 is 2.00 bits per heavy atom. The highest BCUT2D eigenvalue weighted by molar-refractivity contribution is 7.13. The maximum atomic E-state index is 12.0. The predicted octanol–water partition coefficient (Wildman–Crippen LogP) is 4.40. The molecule has 4 nitrogen and oxygen atoms in total. The van der Waals surface area contributed by atoms with Crippen molar-refractivity contribution in [2.75, 3.05) is 5.32 Å². The minimum atomic E-state index is -4.70. The quantitative estimate of drug-likeness (QED) is 0.803. The molecule has 1 aromatic carbocycles. The highest BCUT2D eigenvalue weighted by Crippen LogP contribution is 2.26. The molecule has 0 saturated carbocycles. The van der Waals surface area contributed by atoms with Crippen LogP contribution in [0.4, 0.5) is 24.0 Å². The number of hydrogen-bond acceptors (Lipinski definition) is 5. The first-order chi connectivity index (χ1) is 9.82. The van der Waals surface area contributed by atoms with Crippen LogP contribution in [0.15, 0.2) is 42.0 Å². The first kappa shape index (κ1) is 15.2. The molecular formula is C13H11F3N2O2S. The van der Waals surface area contributed by atoms with Crippen LogP contribution in [0.25, 0.3) is 0 Å². The Morgan fingerprint density at radius 1 is 1.33 bits per heavy atom. The molecule has 0 radical (unpaired) electrons. The van der Waals surface area contributed by atoms with E-state index in [0.717, 1.165) is 0 Å². The van der Waals surface area contributed by atoms with Crippen LogP contribution in [0.3, 0.4) is 0 Å². The second-order valence-corrected chi connectivity index (χ2v) is 4.94. The molecule has 0 aliphatic carbocycles. The summed E-state index contributed by atoms with van der Waals surface area (Å²) < 4.78 is 39.8. The molecule has 2 aromatic rings. The van der Waals surface area contributed by atoms with E-state index in [4.69, 9.17) is 5.11 Å². The first-order valence-corrected chi connectivity index (χ1v) is 6.64. The van der Waals surface area contributed by atoms with E-state index >= 15 is 0 Å². The third-order valence-electron chi connectivity index (χ3n) is 2.28. The number of rotatable bonds is 5. The number of halogens is 3. The maximum absolute atomic E-state index is 12.0. The molecule has 2 rings (SSSR count). The van der Waals surface area contributed by atoms with Gasteiger partial charge in [0.2, 0.25) is 0 Å². The number of ether oxygens (including phenoxy) is 1. The normalized spacial score (nSPS) is 11.2. The Balaban J connectivity index is 2.00. The fourth-order valence-electron chi connectivity index (χ4n) is 1.52. The van der Waals surface area contributed by atoms with Gasteiger partial charge in [-0.2, -0.15) is 0 Å². The van der Waals surface area contributed by atoms with Crippen molar-refractivity contribution in [1.29, 1.82) is 0 Å². The van der Waals surface area contributed by atoms with Crippen molar-refractivity contribution in [3.63, 3.8) is 0 Å². The standard InChI is InChI=1S/C13H11F3N2O2S/c1-8(19)6-10-7-21-12(18-10)17-9-2-4-11(5-3-9)20-13(14,15)16/h2-5,7,19H,1,6H2,(H,17,18). The van der Waals surface area contributed by atoms with Crippen LogP contribution >= 0.6 is 11.3 Å². The summed E-state index contributed by atoms with van der Waals surface area (Å²) in [6, 6.07) is 5.32. The molecule has 0 atom stereocenters. The number of hydrogen-bond donors (Lipinski definition) is 2. The van der Waals surface area contributed by atoms with E-state index in [-0.39, 0.29) is 17.9 Å². The maximum Gasteiger partial charge on any atom is 0.573 e. The van der Waals surface area contributed by atoms with Gasteiger partial charge in [-0.3, -0.25) is 0 Å². The summed E-state index contributed by atoms with van der Waals surface area (Å²) in [4.78, 5) is 4.20. The largest absolute Gasteiger partial charge is 0.573 e. The zero-order valence-electron chi connectivity index (χ0n) is 10.6. The van der Waals surface area contributed by atoms with E-state index in [1.54, 1.807) is 5.38 Å². The van der Waals surface area contributed by atoms with Crippen LogP contribution in [0, 0.1) is 0 Å². The summed E-state index contributed by atoms with van der Waals surface area (Å²) in [6.45, 7) is 3.38. The molecule has 0 aliphatic rings. The average Bonchev–Trinajstić information content (AvgIpc) is 2.76. The van der Waals surface area contributed by atoms with E-state index < -0.39 is 6.36 Å². The molecule has 1 aromatic heterocycles. The molecule has 0 saturated heterocycles. The van der Waals surface area contributed by atoms with E-state index in [1.807, 2.05) is 0 Å². The molecule has 0 bridgehead atoms. The third-order valence-corrected chi connectivity index (χ3v) is 3.08. The number of anilines is 2. The van der Waals surface area contributed by atoms with Gasteiger partial charge in [0.1, 0.15) is 5.75 Å². The van der Waals surface area contributed by atoms with Gasteiger partial charge in [0, 0.05) is 17.5 Å². The van der Waals surface area contributed by atoms with Gasteiger partial charge in [-0.1, -0.05) is 6.58 Å². The smallest absolute Gasteiger partial charge is 0.513 e. The topological polar surface area (TPSA) is 54.4 Å². The van der Waals surface area contributed by atoms with Crippen molar-refractivity contribution in [2.24, 2.45) is 0 Å². The number of aliphatic hydroxyl groups excluding tert-OH is 1. The minimum Gasteiger partial charge on any atom is -0.513 e. The number of aromatic nitrogens is 1. The molecule has 0 spiro atoms. The Bertz CT molecular complexity index is 623. The molecular weight excluding hydrogens is 305 g/mol. The zero-order valence-corrected chi connectivity index (χ0v) is 11.5. The molecule has 0 fully saturated rings. The number of nitrogens with one attached hydrogen (secondary N) is 1. The molecule has 21 heavy (non-hydrogen) atoms. The summed E-state index contributed by atoms with van der Waals surface area (Å²) >= 11 is 1.31. The Labute approximate surface area is 122 Å². The number of alkyl halides is 3. The Morgan fingerprint density at radius 3 is 2.57 bits per heavy atom. The lowest BCUT2D eigenvalue weighted by molar-refractivity contribution is -0.274. The van der Waals surface area contributed by atoms with Crippen molar-refractivity contribution in [2.45, 2.75) is 12.8 Å². The van der Waals surface area contributed by atoms with E-state index in [0.29, 0.717) is 16.5 Å². The number of thiazole rings is 1. The number of aliphatic hydroxyl groups is 1. The van der Waals surface area contributed by atoms with Gasteiger partial charge < -0.3 is 15.2 Å². The zero-order chi connectivity index (χ0) is 15.5. The molecule has 0 unspecified atom stereocenters. The lowest BCUT2D eigenvalue weighted by atomic mass is 10.3. The van der Waals surface area contributed by atoms with Gasteiger partial charge in [-0.05, 0) is 24.3 Å². The van der Waals surface area contributed by atoms with Crippen molar-refractivity contribution in [1.82, 2.24) is 4.98 Å². The fraction of sp³-hybridized carbons (Fsp3) is 0.154. The number of nitrogens with zero attached hydrogens (tertiary/aromatic N) is 1. The summed E-state index contributed by atoms with van der Waals surface area (Å²) in [5, 5.41) is 14.3. The van der Waals surface area contributed by atoms with Crippen LogP contribution in [0.1, 0.15) is 5.69 Å². The highest BCUT2D eigenvalue weighted by Gasteiger charge is 2.30. The van der Waals surface area contributed by atoms with Crippen LogP contribution in [-0.4, -0.2) is 16.5 Å². The third kappa shape index (κ3) is 4.99. The van der Waals surface area contributed by atoms with Crippen molar-refractivity contribution in [3.05, 3.63) is 47.7 Å². The van der Waals surface area contributed by atoms with Crippen LogP contribution < -0.4 is 10.1 Å². The molecule has 0 aliphatic heterocycles. The van der Waals surface area contributed by atoms with Gasteiger partial charge in [0.05, 0.1) is 11.5 Å². The van der Waals surface area contributed by atoms with Crippen molar-refractivity contribution in [3.8, 4) is 5.75 Å². The summed E-state index contributed by atoms with van der Waals surface area (Å²) in [6.07, 6.45) is -4.44. The van der Waals surface area contributed by atoms with Gasteiger partial charge in [-0.15, -0.1) is 24.5 Å².